The molecule has 0 atom stereocenters. The Balaban J connectivity index is 0. The largest absolute Gasteiger partial charge is 0.530 e. The maximum absolute atomic E-state index is 10.2. The normalized spacial score (nSPS) is 11.3. The molecule has 0 rings (SSSR count). The van der Waals surface area contributed by atoms with Gasteiger partial charge in [-0.15, -0.1) is 0 Å². The second kappa shape index (κ2) is 61.3. The summed E-state index contributed by atoms with van der Waals surface area (Å²) in [6.07, 6.45) is 73.2. The van der Waals surface area contributed by atoms with Crippen LogP contribution in [0.3, 0.4) is 0 Å². The highest BCUT2D eigenvalue weighted by Gasteiger charge is 1.99. The molecule has 0 aromatic carbocycles. The van der Waals surface area contributed by atoms with Gasteiger partial charge in [-0.05, 0) is 19.3 Å². The molecule has 1 amide bonds. The van der Waals surface area contributed by atoms with Crippen molar-refractivity contribution in [3.8, 4) is 0 Å². The molecule has 0 saturated heterocycles. The molecule has 0 unspecified atom stereocenters. The lowest BCUT2D eigenvalue weighted by molar-refractivity contribution is -0.368. The molecule has 0 aromatic heterocycles. The van der Waals surface area contributed by atoms with Crippen molar-refractivity contribution in [2.45, 2.75) is 348 Å². The van der Waals surface area contributed by atoms with Gasteiger partial charge in [-0.1, -0.05) is 328 Å². The lowest BCUT2D eigenvalue weighted by Crippen LogP contribution is -2.50. The molecular weight excluding hydrogens is 745 g/mol. The molecule has 0 spiro atoms. The van der Waals surface area contributed by atoms with Gasteiger partial charge in [-0.2, -0.15) is 0 Å². The van der Waals surface area contributed by atoms with Crippen LogP contribution in [0.2, 0.25) is 0 Å². The fourth-order valence-electron chi connectivity index (χ4n) is 9.12. The Hall–Kier alpha value is -0.770. The summed E-state index contributed by atoms with van der Waals surface area (Å²) in [5.41, 5.74) is 3.92. The number of hydrogen-bond donors (Lipinski definition) is 2. The maximum Gasteiger partial charge on any atom is 0.134 e. The summed E-state index contributed by atoms with van der Waals surface area (Å²) >= 11 is 0. The number of unbranched alkanes of at least 4 members (excludes halogenated alkanes) is 50. The first-order chi connectivity index (χ1) is 30.2. The quantitative estimate of drug-likeness (QED) is 0.0598. The van der Waals surface area contributed by atoms with Gasteiger partial charge in [0, 0.05) is 6.54 Å². The number of hydrogen-bond acceptors (Lipinski definition) is 2. The summed E-state index contributed by atoms with van der Waals surface area (Å²) in [5, 5.41) is 12.5. The average Bonchev–Trinajstić information content (AvgIpc) is 3.26. The Morgan fingerprint density at radius 1 is 0.279 bits per heavy atom. The van der Waals surface area contributed by atoms with Crippen LogP contribution in [0.4, 0.5) is 4.79 Å². The average molecular weight is 864 g/mol. The van der Waals surface area contributed by atoms with Crippen molar-refractivity contribution in [1.29, 1.82) is 0 Å². The number of carbonyl (C=O) groups excluding carboxylic acids is 1. The predicted octanol–water partition coefficient (Wildman–Crippen LogP) is 18.5. The van der Waals surface area contributed by atoms with Gasteiger partial charge in [0.15, 0.2) is 0 Å². The van der Waals surface area contributed by atoms with Gasteiger partial charge in [0.05, 0.1) is 6.54 Å². The smallest absolute Gasteiger partial charge is 0.134 e. The van der Waals surface area contributed by atoms with Crippen LogP contribution in [0.25, 0.3) is 0 Å². The first-order valence-corrected chi connectivity index (χ1v) is 28.9. The topological polar surface area (TPSA) is 79.8 Å². The van der Waals surface area contributed by atoms with Crippen molar-refractivity contribution in [3.63, 3.8) is 0 Å². The number of rotatable bonds is 53. The molecule has 61 heavy (non-hydrogen) atoms. The fourth-order valence-corrected chi connectivity index (χ4v) is 9.12. The van der Waals surface area contributed by atoms with Gasteiger partial charge >= 0.3 is 0 Å². The van der Waals surface area contributed by atoms with Crippen molar-refractivity contribution in [1.82, 2.24) is 5.32 Å². The van der Waals surface area contributed by atoms with E-state index in [2.05, 4.69) is 24.9 Å². The van der Waals surface area contributed by atoms with Crippen LogP contribution in [0.15, 0.2) is 0 Å². The molecule has 4 N–H and O–H groups in total. The third kappa shape index (κ3) is 66.0. The van der Waals surface area contributed by atoms with Crippen molar-refractivity contribution < 1.29 is 15.6 Å². The summed E-state index contributed by atoms with van der Waals surface area (Å²) in [6, 6.07) is 0. The highest BCUT2D eigenvalue weighted by molar-refractivity contribution is 5.61. The van der Waals surface area contributed by atoms with Crippen LogP contribution < -0.4 is 16.2 Å². The highest BCUT2D eigenvalue weighted by atomic mass is 16.4. The van der Waals surface area contributed by atoms with E-state index >= 15 is 0 Å². The number of carboxylic acid groups (broad SMARTS) is 1. The maximum atomic E-state index is 10.2. The van der Waals surface area contributed by atoms with Crippen LogP contribution in [0, 0.1) is 0 Å². The zero-order valence-corrected chi connectivity index (χ0v) is 42.7. The lowest BCUT2D eigenvalue weighted by atomic mass is 10.0. The fraction of sp³-hybridized carbons (Fsp3) is 0.982. The van der Waals surface area contributed by atoms with E-state index in [0.717, 1.165) is 19.4 Å². The Morgan fingerprint density at radius 2 is 0.426 bits per heavy atom. The van der Waals surface area contributed by atoms with Crippen LogP contribution in [0.5, 0.6) is 0 Å². The molecule has 0 fully saturated rings. The Morgan fingerprint density at radius 3 is 0.574 bits per heavy atom. The summed E-state index contributed by atoms with van der Waals surface area (Å²) < 4.78 is 0. The molecule has 0 aliphatic heterocycles. The zero-order chi connectivity index (χ0) is 44.5. The van der Waals surface area contributed by atoms with Crippen LogP contribution >= 0.6 is 0 Å². The molecule has 4 nitrogen and oxygen atoms in total. The molecule has 0 heterocycles. The van der Waals surface area contributed by atoms with Gasteiger partial charge in [-0.25, -0.2) is 0 Å². The minimum atomic E-state index is -1.15. The Bertz CT molecular complexity index is 719. The molecule has 0 bridgehead atoms. The molecule has 0 saturated carbocycles. The molecular formula is C57H118N2O2. The van der Waals surface area contributed by atoms with E-state index in [9.17, 15) is 9.90 Å². The third-order valence-corrected chi connectivity index (χ3v) is 13.4. The standard InChI is InChI=1S/C29H59NO2.C28H59N/c1-2-3-4-5-6-7-8-9-10-11-12-13-14-15-16-17-18-19-20-21-22-23-24-25-26-27-28-30-29(31)32;1-2-3-4-5-6-7-8-9-10-11-12-13-14-15-16-17-18-19-20-21-22-23-24-25-26-27-28-29/h30H,2-28H2,1H3,(H,31,32);2-29H2,1H3. The molecule has 0 aliphatic rings. The molecule has 0 aromatic rings. The Labute approximate surface area is 386 Å². The summed E-state index contributed by atoms with van der Waals surface area (Å²) in [5.74, 6) is 0. The number of quaternary nitrogens is 1. The summed E-state index contributed by atoms with van der Waals surface area (Å²) in [4.78, 5) is 10.2. The minimum Gasteiger partial charge on any atom is -0.530 e. The number of carbonyl (C=O) groups is 1. The zero-order valence-electron chi connectivity index (χ0n) is 42.7. The molecule has 0 radical (unpaired) electrons. The van der Waals surface area contributed by atoms with Crippen molar-refractivity contribution in [3.05, 3.63) is 0 Å². The van der Waals surface area contributed by atoms with E-state index in [0.29, 0.717) is 6.54 Å². The van der Waals surface area contributed by atoms with Gasteiger partial charge in [0.2, 0.25) is 0 Å². The number of nitrogens with one attached hydrogen (secondary N) is 1. The van der Waals surface area contributed by atoms with Crippen molar-refractivity contribution in [2.24, 2.45) is 0 Å². The Kier molecular flexibility index (Phi) is 62.6. The van der Waals surface area contributed by atoms with Crippen LogP contribution in [-0.4, -0.2) is 19.2 Å². The molecule has 4 heteroatoms. The second-order valence-corrected chi connectivity index (χ2v) is 19.7. The van der Waals surface area contributed by atoms with Crippen molar-refractivity contribution in [2.75, 3.05) is 13.1 Å². The van der Waals surface area contributed by atoms with Gasteiger partial charge in [-0.3, -0.25) is 0 Å². The van der Waals surface area contributed by atoms with Crippen LogP contribution in [0.1, 0.15) is 348 Å². The predicted molar refractivity (Wildman–Crippen MR) is 273 cm³/mol. The SMILES string of the molecule is CCCCCCCCCCCCCCCCCCCCCCCCCCCCNC(=O)[O-].CCCCCCCCCCCCCCCCCCCCCCCCCCCC[NH3+]. The minimum absolute atomic E-state index is 0.543. The third-order valence-electron chi connectivity index (χ3n) is 13.4. The van der Waals surface area contributed by atoms with Crippen LogP contribution in [-0.2, 0) is 0 Å². The highest BCUT2D eigenvalue weighted by Crippen LogP contribution is 2.18. The molecule has 0 aliphatic carbocycles. The van der Waals surface area contributed by atoms with Gasteiger partial charge in [0.25, 0.3) is 0 Å². The van der Waals surface area contributed by atoms with E-state index in [4.69, 9.17) is 0 Å². The lowest BCUT2D eigenvalue weighted by Gasteiger charge is -2.06. The van der Waals surface area contributed by atoms with E-state index < -0.39 is 6.09 Å². The van der Waals surface area contributed by atoms with E-state index in [1.54, 1.807) is 0 Å². The first kappa shape index (κ1) is 62.3. The first-order valence-electron chi connectivity index (χ1n) is 28.9. The number of amides is 1. The monoisotopic (exact) mass is 863 g/mol. The summed E-state index contributed by atoms with van der Waals surface area (Å²) in [6.45, 7) is 6.27. The summed E-state index contributed by atoms with van der Waals surface area (Å²) in [7, 11) is 0. The molecule has 368 valence electrons. The second-order valence-electron chi connectivity index (χ2n) is 19.7. The van der Waals surface area contributed by atoms with E-state index in [-0.39, 0.29) is 0 Å². The van der Waals surface area contributed by atoms with E-state index in [1.165, 1.54) is 321 Å². The van der Waals surface area contributed by atoms with Gasteiger partial charge in [0.1, 0.15) is 6.09 Å². The van der Waals surface area contributed by atoms with Gasteiger partial charge < -0.3 is 21.0 Å². The van der Waals surface area contributed by atoms with E-state index in [1.807, 2.05) is 0 Å². The van der Waals surface area contributed by atoms with Crippen molar-refractivity contribution >= 4 is 6.09 Å².